The fraction of sp³-hybridized carbons (Fsp3) is 0.219. The van der Waals surface area contributed by atoms with E-state index in [1.807, 2.05) is 60.7 Å². The van der Waals surface area contributed by atoms with E-state index >= 15 is 0 Å². The van der Waals surface area contributed by atoms with Crippen molar-refractivity contribution in [1.29, 1.82) is 0 Å². The maximum atomic E-state index is 13.6. The van der Waals surface area contributed by atoms with Crippen LogP contribution in [0.25, 0.3) is 33.5 Å². The van der Waals surface area contributed by atoms with Gasteiger partial charge in [0.25, 0.3) is 5.56 Å². The molecule has 0 amide bonds. The number of ether oxygens (including phenoxy) is 2. The van der Waals surface area contributed by atoms with Crippen LogP contribution in [0.5, 0.6) is 11.5 Å². The lowest BCUT2D eigenvalue weighted by atomic mass is 9.98. The van der Waals surface area contributed by atoms with Crippen LogP contribution in [-0.4, -0.2) is 29.6 Å². The molecule has 0 aliphatic heterocycles. The molecular formula is C32H31N3O4. The van der Waals surface area contributed by atoms with Crippen molar-refractivity contribution in [3.05, 3.63) is 101 Å². The van der Waals surface area contributed by atoms with E-state index in [-0.39, 0.29) is 11.0 Å². The van der Waals surface area contributed by atoms with Crippen molar-refractivity contribution in [2.75, 3.05) is 13.7 Å². The molecule has 2 heterocycles. The highest BCUT2D eigenvalue weighted by Crippen LogP contribution is 2.34. The summed E-state index contributed by atoms with van der Waals surface area (Å²) in [4.78, 5) is 18.3. The lowest BCUT2D eigenvalue weighted by Crippen LogP contribution is -2.20. The summed E-state index contributed by atoms with van der Waals surface area (Å²) < 4.78 is 19.2. The zero-order valence-corrected chi connectivity index (χ0v) is 22.6. The summed E-state index contributed by atoms with van der Waals surface area (Å²) in [7, 11) is 1.61. The maximum absolute atomic E-state index is 13.6. The normalized spacial score (nSPS) is 11.9. The number of nitrogens with zero attached hydrogens (tertiary/aromatic N) is 3. The van der Waals surface area contributed by atoms with Crippen molar-refractivity contribution in [1.82, 2.24) is 9.66 Å². The number of hydrogen-bond acceptors (Lipinski definition) is 6. The van der Waals surface area contributed by atoms with Crippen molar-refractivity contribution in [3.63, 3.8) is 0 Å². The Morgan fingerprint density at radius 1 is 1.08 bits per heavy atom. The molecule has 0 bridgehead atoms. The molecule has 0 N–H and O–H groups in total. The molecule has 0 aliphatic carbocycles. The highest BCUT2D eigenvalue weighted by atomic mass is 16.5. The van der Waals surface area contributed by atoms with E-state index in [1.165, 1.54) is 4.68 Å². The summed E-state index contributed by atoms with van der Waals surface area (Å²) in [5.74, 6) is 2.03. The topological polar surface area (TPSA) is 78.9 Å². The molecule has 0 fully saturated rings. The van der Waals surface area contributed by atoms with Crippen LogP contribution in [0, 0.1) is 5.41 Å². The fourth-order valence-corrected chi connectivity index (χ4v) is 4.28. The molecule has 198 valence electrons. The van der Waals surface area contributed by atoms with Gasteiger partial charge in [0.1, 0.15) is 5.58 Å². The number of rotatable bonds is 8. The van der Waals surface area contributed by atoms with Crippen LogP contribution in [0.15, 0.2) is 93.7 Å². The summed E-state index contributed by atoms with van der Waals surface area (Å²) in [6, 6.07) is 20.5. The third-order valence-electron chi connectivity index (χ3n) is 6.11. The van der Waals surface area contributed by atoms with Gasteiger partial charge in [0, 0.05) is 10.9 Å². The van der Waals surface area contributed by atoms with E-state index < -0.39 is 0 Å². The highest BCUT2D eigenvalue weighted by Gasteiger charge is 2.18. The Hall–Kier alpha value is -4.65. The summed E-state index contributed by atoms with van der Waals surface area (Å²) in [6.07, 6.45) is 4.02. The second-order valence-electron chi connectivity index (χ2n) is 10.5. The Balaban J connectivity index is 1.63. The minimum Gasteiger partial charge on any atom is -0.493 e. The molecule has 0 atom stereocenters. The predicted octanol–water partition coefficient (Wildman–Crippen LogP) is 6.85. The van der Waals surface area contributed by atoms with Gasteiger partial charge in [0.15, 0.2) is 17.3 Å². The average Bonchev–Trinajstić information content (AvgIpc) is 3.35. The first-order valence-electron chi connectivity index (χ1n) is 12.8. The summed E-state index contributed by atoms with van der Waals surface area (Å²) >= 11 is 0. The molecule has 2 aromatic heterocycles. The first-order chi connectivity index (χ1) is 18.8. The van der Waals surface area contributed by atoms with Gasteiger partial charge in [-0.2, -0.15) is 9.78 Å². The van der Waals surface area contributed by atoms with Gasteiger partial charge in [-0.15, -0.1) is 6.58 Å². The first-order valence-corrected chi connectivity index (χ1v) is 12.8. The Morgan fingerprint density at radius 2 is 1.85 bits per heavy atom. The molecule has 5 rings (SSSR count). The van der Waals surface area contributed by atoms with E-state index in [0.717, 1.165) is 16.5 Å². The summed E-state index contributed by atoms with van der Waals surface area (Å²) in [5.41, 5.74) is 2.61. The third-order valence-corrected chi connectivity index (χ3v) is 6.11. The SMILES string of the molecule is C=CCc1cc(C=Nn2c(-c3cc4ccccc4o3)nc3ccccc3c2=O)cc(OC)c1OCC(C)(C)C. The molecule has 7 heteroatoms. The molecule has 39 heavy (non-hydrogen) atoms. The van der Waals surface area contributed by atoms with Gasteiger partial charge >= 0.3 is 0 Å². The molecule has 3 aromatic carbocycles. The maximum Gasteiger partial charge on any atom is 0.282 e. The van der Waals surface area contributed by atoms with E-state index in [4.69, 9.17) is 18.9 Å². The summed E-state index contributed by atoms with van der Waals surface area (Å²) in [6.45, 7) is 10.8. The number of benzene rings is 3. The summed E-state index contributed by atoms with van der Waals surface area (Å²) in [5, 5.41) is 5.97. The van der Waals surface area contributed by atoms with Crippen molar-refractivity contribution >= 4 is 28.1 Å². The third kappa shape index (κ3) is 5.48. The lowest BCUT2D eigenvalue weighted by Gasteiger charge is -2.22. The number of methoxy groups -OCH3 is 1. The Bertz CT molecular complexity index is 1720. The van der Waals surface area contributed by atoms with Gasteiger partial charge < -0.3 is 13.9 Å². The Morgan fingerprint density at radius 3 is 2.59 bits per heavy atom. The zero-order chi connectivity index (χ0) is 27.6. The van der Waals surface area contributed by atoms with Crippen LogP contribution in [0.1, 0.15) is 31.9 Å². The zero-order valence-electron chi connectivity index (χ0n) is 22.6. The van der Waals surface area contributed by atoms with Crippen molar-refractivity contribution in [3.8, 4) is 23.1 Å². The van der Waals surface area contributed by atoms with Crippen LogP contribution < -0.4 is 15.0 Å². The van der Waals surface area contributed by atoms with Crippen LogP contribution in [0.2, 0.25) is 0 Å². The average molecular weight is 522 g/mol. The Labute approximate surface area is 227 Å². The number of fused-ring (bicyclic) bond motifs is 2. The first kappa shape index (κ1) is 26.0. The minimum absolute atomic E-state index is 0.0199. The van der Waals surface area contributed by atoms with Gasteiger partial charge in [-0.1, -0.05) is 57.2 Å². The molecule has 0 radical (unpaired) electrons. The molecule has 0 aliphatic rings. The van der Waals surface area contributed by atoms with Gasteiger partial charge in [-0.3, -0.25) is 4.79 Å². The lowest BCUT2D eigenvalue weighted by molar-refractivity contribution is 0.190. The van der Waals surface area contributed by atoms with E-state index in [2.05, 4.69) is 32.5 Å². The number of allylic oxidation sites excluding steroid dienone is 1. The Kier molecular flexibility index (Phi) is 7.07. The number of furan rings is 1. The number of hydrogen-bond donors (Lipinski definition) is 0. The largest absolute Gasteiger partial charge is 0.493 e. The molecule has 0 unspecified atom stereocenters. The molecule has 7 nitrogen and oxygen atoms in total. The second kappa shape index (κ2) is 10.6. The van der Waals surface area contributed by atoms with E-state index in [0.29, 0.717) is 52.6 Å². The number of aromatic nitrogens is 2. The molecule has 0 saturated carbocycles. The smallest absolute Gasteiger partial charge is 0.282 e. The standard InChI is InChI=1S/C32H31N3O4/c1-6-11-23-16-21(17-27(37-5)29(23)38-20-32(2,3)4)19-33-35-30(28-18-22-12-7-10-15-26(22)39-28)34-25-14-9-8-13-24(25)31(35)36/h6-10,12-19H,1,11,20H2,2-5H3. The van der Waals surface area contributed by atoms with Gasteiger partial charge in [-0.05, 0) is 53.8 Å². The molecule has 0 saturated heterocycles. The predicted molar refractivity (Wildman–Crippen MR) is 156 cm³/mol. The van der Waals surface area contributed by atoms with Crippen LogP contribution in [0.4, 0.5) is 0 Å². The quantitative estimate of drug-likeness (QED) is 0.165. The monoisotopic (exact) mass is 521 g/mol. The van der Waals surface area contributed by atoms with Gasteiger partial charge in [0.2, 0.25) is 5.82 Å². The van der Waals surface area contributed by atoms with E-state index in [1.54, 1.807) is 25.5 Å². The van der Waals surface area contributed by atoms with Crippen molar-refractivity contribution < 1.29 is 13.9 Å². The second-order valence-corrected chi connectivity index (χ2v) is 10.5. The fourth-order valence-electron chi connectivity index (χ4n) is 4.28. The van der Waals surface area contributed by atoms with Crippen molar-refractivity contribution in [2.24, 2.45) is 10.5 Å². The van der Waals surface area contributed by atoms with Crippen LogP contribution >= 0.6 is 0 Å². The molecule has 5 aromatic rings. The van der Waals surface area contributed by atoms with Gasteiger partial charge in [0.05, 0.1) is 30.8 Å². The number of para-hydroxylation sites is 2. The minimum atomic E-state index is -0.296. The van der Waals surface area contributed by atoms with E-state index in [9.17, 15) is 4.79 Å². The van der Waals surface area contributed by atoms with Crippen LogP contribution in [0.3, 0.4) is 0 Å². The highest BCUT2D eigenvalue weighted by molar-refractivity contribution is 5.85. The molecular weight excluding hydrogens is 490 g/mol. The van der Waals surface area contributed by atoms with Gasteiger partial charge in [-0.25, -0.2) is 4.98 Å². The van der Waals surface area contributed by atoms with Crippen LogP contribution in [-0.2, 0) is 6.42 Å². The molecule has 0 spiro atoms. The van der Waals surface area contributed by atoms with Crippen molar-refractivity contribution in [2.45, 2.75) is 27.2 Å².